The predicted molar refractivity (Wildman–Crippen MR) is 69.2 cm³/mol. The van der Waals surface area contributed by atoms with Crippen LogP contribution in [0.1, 0.15) is 16.7 Å². The summed E-state index contributed by atoms with van der Waals surface area (Å²) < 4.78 is 0. The van der Waals surface area contributed by atoms with E-state index in [2.05, 4.69) is 23.0 Å². The lowest BCUT2D eigenvalue weighted by molar-refractivity contribution is 0.469. The Balaban J connectivity index is 2.10. The Hall–Kier alpha value is -1.48. The number of nitrogens with one attached hydrogen (secondary N) is 1. The van der Waals surface area contributed by atoms with Gasteiger partial charge in [0.1, 0.15) is 5.75 Å². The van der Waals surface area contributed by atoms with Crippen molar-refractivity contribution in [1.82, 2.24) is 0 Å². The second-order valence-electron chi connectivity index (χ2n) is 3.95. The predicted octanol–water partition coefficient (Wildman–Crippen LogP) is 3.68. The van der Waals surface area contributed by atoms with Crippen LogP contribution < -0.4 is 5.32 Å². The molecule has 1 aromatic carbocycles. The molecule has 1 aromatic heterocycles. The number of aromatic hydroxyl groups is 1. The van der Waals surface area contributed by atoms with Crippen LogP contribution in [-0.2, 0) is 6.54 Å². The molecule has 0 saturated carbocycles. The molecule has 0 amide bonds. The van der Waals surface area contributed by atoms with Crippen LogP contribution in [-0.4, -0.2) is 5.11 Å². The summed E-state index contributed by atoms with van der Waals surface area (Å²) in [7, 11) is 0. The molecule has 2 rings (SSSR count). The molecule has 0 aliphatic heterocycles. The van der Waals surface area contributed by atoms with Crippen molar-refractivity contribution in [2.45, 2.75) is 20.4 Å². The Bertz CT molecular complexity index is 490. The van der Waals surface area contributed by atoms with E-state index in [0.717, 1.165) is 16.8 Å². The zero-order chi connectivity index (χ0) is 11.5. The van der Waals surface area contributed by atoms with E-state index < -0.39 is 0 Å². The van der Waals surface area contributed by atoms with Crippen molar-refractivity contribution in [3.05, 3.63) is 45.6 Å². The molecule has 0 radical (unpaired) electrons. The second kappa shape index (κ2) is 4.58. The zero-order valence-electron chi connectivity index (χ0n) is 9.45. The van der Waals surface area contributed by atoms with E-state index in [0.29, 0.717) is 12.3 Å². The summed E-state index contributed by atoms with van der Waals surface area (Å²) in [6.07, 6.45) is 0. The van der Waals surface area contributed by atoms with E-state index in [1.807, 2.05) is 19.1 Å². The summed E-state index contributed by atoms with van der Waals surface area (Å²) in [6.45, 7) is 4.76. The number of anilines is 1. The molecule has 2 aromatic rings. The van der Waals surface area contributed by atoms with Crippen LogP contribution in [0.25, 0.3) is 0 Å². The van der Waals surface area contributed by atoms with Gasteiger partial charge in [0.15, 0.2) is 0 Å². The van der Waals surface area contributed by atoms with Gasteiger partial charge in [-0.1, -0.05) is 17.7 Å². The fourth-order valence-electron chi connectivity index (χ4n) is 1.59. The Morgan fingerprint density at radius 1 is 1.25 bits per heavy atom. The number of phenols is 1. The van der Waals surface area contributed by atoms with Crippen LogP contribution >= 0.6 is 11.3 Å². The summed E-state index contributed by atoms with van der Waals surface area (Å²) in [4.78, 5) is 0. The van der Waals surface area contributed by atoms with Crippen LogP contribution in [0, 0.1) is 13.8 Å². The molecule has 0 bridgehead atoms. The lowest BCUT2D eigenvalue weighted by Gasteiger charge is -2.08. The molecule has 1 heterocycles. The lowest BCUT2D eigenvalue weighted by atomic mass is 10.1. The van der Waals surface area contributed by atoms with Crippen LogP contribution in [0.15, 0.2) is 29.0 Å². The van der Waals surface area contributed by atoms with Crippen molar-refractivity contribution in [3.63, 3.8) is 0 Å². The van der Waals surface area contributed by atoms with Gasteiger partial charge in [0, 0.05) is 23.2 Å². The Labute approximate surface area is 99.6 Å². The van der Waals surface area contributed by atoms with Crippen LogP contribution in [0.3, 0.4) is 0 Å². The first kappa shape index (κ1) is 11.0. The summed E-state index contributed by atoms with van der Waals surface area (Å²) in [5.41, 5.74) is 4.49. The fraction of sp³-hybridized carbons (Fsp3) is 0.231. The molecule has 0 fully saturated rings. The summed E-state index contributed by atoms with van der Waals surface area (Å²) in [5, 5.41) is 17.2. The van der Waals surface area contributed by atoms with Crippen LogP contribution in [0.5, 0.6) is 5.75 Å². The van der Waals surface area contributed by atoms with E-state index in [4.69, 9.17) is 0 Å². The average molecular weight is 233 g/mol. The minimum atomic E-state index is 0.353. The molecule has 2 nitrogen and oxygen atoms in total. The van der Waals surface area contributed by atoms with Gasteiger partial charge in [0.2, 0.25) is 0 Å². The number of thiophene rings is 1. The minimum absolute atomic E-state index is 0.353. The van der Waals surface area contributed by atoms with Gasteiger partial charge in [-0.05, 0) is 30.9 Å². The van der Waals surface area contributed by atoms with E-state index in [1.54, 1.807) is 17.4 Å². The normalized spacial score (nSPS) is 10.4. The molecule has 0 saturated heterocycles. The molecule has 0 aliphatic carbocycles. The van der Waals surface area contributed by atoms with Crippen molar-refractivity contribution in [2.24, 2.45) is 0 Å². The molecule has 0 spiro atoms. The standard InChI is InChI=1S/C13H15NOS/c1-9-3-4-13(15)11(5-9)6-14-12-8-16-7-10(12)2/h3-5,7-8,14-15H,6H2,1-2H3. The summed E-state index contributed by atoms with van der Waals surface area (Å²) >= 11 is 1.68. The molecular weight excluding hydrogens is 218 g/mol. The first-order valence-electron chi connectivity index (χ1n) is 5.22. The lowest BCUT2D eigenvalue weighted by Crippen LogP contribution is -2.00. The zero-order valence-corrected chi connectivity index (χ0v) is 10.3. The monoisotopic (exact) mass is 233 g/mol. The number of phenolic OH excluding ortho intramolecular Hbond substituents is 1. The average Bonchev–Trinajstić information content (AvgIpc) is 2.66. The highest BCUT2D eigenvalue weighted by Gasteiger charge is 2.03. The van der Waals surface area contributed by atoms with E-state index in [1.165, 1.54) is 5.56 Å². The molecular formula is C13H15NOS. The van der Waals surface area contributed by atoms with Gasteiger partial charge < -0.3 is 10.4 Å². The van der Waals surface area contributed by atoms with E-state index in [-0.39, 0.29) is 0 Å². The smallest absolute Gasteiger partial charge is 0.120 e. The van der Waals surface area contributed by atoms with Crippen LogP contribution in [0.4, 0.5) is 5.69 Å². The van der Waals surface area contributed by atoms with Gasteiger partial charge in [0.25, 0.3) is 0 Å². The Morgan fingerprint density at radius 2 is 2.06 bits per heavy atom. The summed E-state index contributed by atoms with van der Waals surface area (Å²) in [5.74, 6) is 0.353. The number of benzene rings is 1. The highest BCUT2D eigenvalue weighted by molar-refractivity contribution is 7.08. The van der Waals surface area contributed by atoms with Gasteiger partial charge >= 0.3 is 0 Å². The topological polar surface area (TPSA) is 32.3 Å². The third-order valence-electron chi connectivity index (χ3n) is 2.56. The van der Waals surface area contributed by atoms with E-state index >= 15 is 0 Å². The maximum absolute atomic E-state index is 9.70. The Morgan fingerprint density at radius 3 is 2.75 bits per heavy atom. The first-order valence-corrected chi connectivity index (χ1v) is 6.16. The quantitative estimate of drug-likeness (QED) is 0.847. The molecule has 2 N–H and O–H groups in total. The molecule has 0 atom stereocenters. The fourth-order valence-corrected chi connectivity index (χ4v) is 2.39. The van der Waals surface area contributed by atoms with Gasteiger partial charge in [0.05, 0.1) is 0 Å². The number of hydrogen-bond acceptors (Lipinski definition) is 3. The SMILES string of the molecule is Cc1ccc(O)c(CNc2cscc2C)c1. The van der Waals surface area contributed by atoms with Gasteiger partial charge in [-0.25, -0.2) is 0 Å². The molecule has 0 unspecified atom stereocenters. The number of hydrogen-bond donors (Lipinski definition) is 2. The van der Waals surface area contributed by atoms with Crippen molar-refractivity contribution in [1.29, 1.82) is 0 Å². The molecule has 84 valence electrons. The Kier molecular flexibility index (Phi) is 3.15. The van der Waals surface area contributed by atoms with Crippen molar-refractivity contribution in [2.75, 3.05) is 5.32 Å². The highest BCUT2D eigenvalue weighted by Crippen LogP contribution is 2.23. The summed E-state index contributed by atoms with van der Waals surface area (Å²) in [6, 6.07) is 5.66. The highest BCUT2D eigenvalue weighted by atomic mass is 32.1. The third kappa shape index (κ3) is 2.36. The van der Waals surface area contributed by atoms with Gasteiger partial charge in [-0.3, -0.25) is 0 Å². The maximum Gasteiger partial charge on any atom is 0.120 e. The molecule has 3 heteroatoms. The largest absolute Gasteiger partial charge is 0.508 e. The second-order valence-corrected chi connectivity index (χ2v) is 4.70. The van der Waals surface area contributed by atoms with E-state index in [9.17, 15) is 5.11 Å². The van der Waals surface area contributed by atoms with Crippen molar-refractivity contribution >= 4 is 17.0 Å². The van der Waals surface area contributed by atoms with Gasteiger partial charge in [-0.2, -0.15) is 0 Å². The third-order valence-corrected chi connectivity index (χ3v) is 3.42. The molecule has 16 heavy (non-hydrogen) atoms. The maximum atomic E-state index is 9.70. The van der Waals surface area contributed by atoms with Gasteiger partial charge in [-0.15, -0.1) is 11.3 Å². The van der Waals surface area contributed by atoms with Crippen molar-refractivity contribution in [3.8, 4) is 5.75 Å². The minimum Gasteiger partial charge on any atom is -0.508 e. The number of aryl methyl sites for hydroxylation is 2. The van der Waals surface area contributed by atoms with Crippen LogP contribution in [0.2, 0.25) is 0 Å². The van der Waals surface area contributed by atoms with Crippen molar-refractivity contribution < 1.29 is 5.11 Å². The molecule has 0 aliphatic rings. The first-order chi connectivity index (χ1) is 7.66. The number of rotatable bonds is 3.